The van der Waals surface area contributed by atoms with Gasteiger partial charge in [0.2, 0.25) is 5.82 Å². The number of amides is 1. The van der Waals surface area contributed by atoms with Crippen molar-refractivity contribution in [1.29, 1.82) is 0 Å². The van der Waals surface area contributed by atoms with Crippen LogP contribution >= 0.6 is 11.3 Å². The lowest BCUT2D eigenvalue weighted by Crippen LogP contribution is -2.46. The van der Waals surface area contributed by atoms with Gasteiger partial charge in [0.05, 0.1) is 23.1 Å². The molecular weight excluding hydrogens is 516 g/mol. The van der Waals surface area contributed by atoms with Gasteiger partial charge in [-0.05, 0) is 38.7 Å². The predicted molar refractivity (Wildman–Crippen MR) is 143 cm³/mol. The van der Waals surface area contributed by atoms with E-state index in [2.05, 4.69) is 30.2 Å². The van der Waals surface area contributed by atoms with Crippen molar-refractivity contribution in [3.8, 4) is 21.8 Å². The van der Waals surface area contributed by atoms with E-state index in [0.29, 0.717) is 29.7 Å². The van der Waals surface area contributed by atoms with E-state index in [9.17, 15) is 9.59 Å². The van der Waals surface area contributed by atoms with Crippen molar-refractivity contribution in [3.63, 3.8) is 0 Å². The highest BCUT2D eigenvalue weighted by molar-refractivity contribution is 7.13. The number of carbonyl (C=O) groups excluding carboxylic acids is 2. The fourth-order valence-electron chi connectivity index (χ4n) is 6.09. The number of anilines is 1. The number of aromatic amines is 1. The first-order valence-corrected chi connectivity index (χ1v) is 13.6. The van der Waals surface area contributed by atoms with Gasteiger partial charge in [-0.3, -0.25) is 19.7 Å². The van der Waals surface area contributed by atoms with Crippen LogP contribution in [0.1, 0.15) is 65.2 Å². The Bertz CT molecular complexity index is 1680. The van der Waals surface area contributed by atoms with Gasteiger partial charge in [-0.1, -0.05) is 6.07 Å². The summed E-state index contributed by atoms with van der Waals surface area (Å²) in [5.74, 6) is 0.196. The fourth-order valence-corrected chi connectivity index (χ4v) is 6.70. The summed E-state index contributed by atoms with van der Waals surface area (Å²) in [6.07, 6.45) is 9.73. The molecule has 0 saturated carbocycles. The number of nitrogens with two attached hydrogens (primary N) is 1. The van der Waals surface area contributed by atoms with Crippen LogP contribution < -0.4 is 5.73 Å². The first-order chi connectivity index (χ1) is 19.0. The molecule has 0 spiro atoms. The van der Waals surface area contributed by atoms with E-state index < -0.39 is 0 Å². The predicted octanol–water partition coefficient (Wildman–Crippen LogP) is 3.37. The van der Waals surface area contributed by atoms with Gasteiger partial charge in [0.1, 0.15) is 17.2 Å². The number of hydrogen-bond acceptors (Lipinski definition) is 10. The lowest BCUT2D eigenvalue weighted by molar-refractivity contribution is 0.0556. The number of nitrogen functional groups attached to an aromatic ring is 1. The van der Waals surface area contributed by atoms with Gasteiger partial charge in [0, 0.05) is 46.9 Å². The van der Waals surface area contributed by atoms with E-state index in [1.807, 2.05) is 22.4 Å². The highest BCUT2D eigenvalue weighted by atomic mass is 32.1. The minimum atomic E-state index is -0.157. The van der Waals surface area contributed by atoms with Gasteiger partial charge in [0.15, 0.2) is 11.4 Å². The van der Waals surface area contributed by atoms with Crippen LogP contribution in [0.25, 0.3) is 27.5 Å². The molecule has 2 aliphatic rings. The number of thiazole rings is 1. The van der Waals surface area contributed by atoms with Crippen molar-refractivity contribution in [2.45, 2.75) is 50.6 Å². The lowest BCUT2D eigenvalue weighted by Gasteiger charge is -2.38. The molecule has 196 valence electrons. The lowest BCUT2D eigenvalue weighted by atomic mass is 9.85. The molecule has 39 heavy (non-hydrogen) atoms. The second kappa shape index (κ2) is 9.05. The summed E-state index contributed by atoms with van der Waals surface area (Å²) < 4.78 is 1.53. The van der Waals surface area contributed by atoms with E-state index in [-0.39, 0.29) is 41.3 Å². The zero-order valence-electron chi connectivity index (χ0n) is 21.0. The molecular formula is C26H24N10O2S. The molecule has 2 unspecified atom stereocenters. The number of rotatable bonds is 5. The number of carbonyl (C=O) groups is 2. The van der Waals surface area contributed by atoms with Crippen LogP contribution in [0.4, 0.5) is 5.82 Å². The Hall–Kier alpha value is -4.52. The van der Waals surface area contributed by atoms with Crippen LogP contribution in [0.15, 0.2) is 42.4 Å². The van der Waals surface area contributed by atoms with E-state index in [4.69, 9.17) is 10.7 Å². The second-order valence-electron chi connectivity index (χ2n) is 9.98. The first kappa shape index (κ1) is 23.6. The normalized spacial score (nSPS) is 20.5. The third-order valence-electron chi connectivity index (χ3n) is 7.76. The average Bonchev–Trinajstić information content (AvgIpc) is 3.75. The van der Waals surface area contributed by atoms with Crippen LogP contribution in [0.3, 0.4) is 0 Å². The Labute approximate surface area is 226 Å². The van der Waals surface area contributed by atoms with E-state index in [1.165, 1.54) is 29.1 Å². The molecule has 3 N–H and O–H groups in total. The van der Waals surface area contributed by atoms with Crippen molar-refractivity contribution < 1.29 is 9.59 Å². The summed E-state index contributed by atoms with van der Waals surface area (Å²) in [4.78, 5) is 45.9. The number of aromatic nitrogens is 8. The van der Waals surface area contributed by atoms with Crippen molar-refractivity contribution in [3.05, 3.63) is 59.5 Å². The number of pyridine rings is 1. The highest BCUT2D eigenvalue weighted by Gasteiger charge is 2.45. The number of Topliss-reactive ketones (excluding diaryl/α,β-unsaturated/α-hetero) is 1. The van der Waals surface area contributed by atoms with E-state index in [0.717, 1.165) is 34.7 Å². The Morgan fingerprint density at radius 2 is 1.92 bits per heavy atom. The smallest absolute Gasteiger partial charge is 0.291 e. The Balaban J connectivity index is 1.27. The van der Waals surface area contributed by atoms with Gasteiger partial charge in [0.25, 0.3) is 5.91 Å². The summed E-state index contributed by atoms with van der Waals surface area (Å²) in [7, 11) is 0. The average molecular weight is 541 g/mol. The fraction of sp³-hybridized carbons (Fsp3) is 0.308. The van der Waals surface area contributed by atoms with Crippen molar-refractivity contribution in [1.82, 2.24) is 44.6 Å². The number of ketones is 1. The summed E-state index contributed by atoms with van der Waals surface area (Å²) in [5.41, 5.74) is 10.6. The molecule has 2 aliphatic heterocycles. The molecule has 0 radical (unpaired) electrons. The molecule has 5 aromatic rings. The number of H-pyrrole nitrogens is 1. The van der Waals surface area contributed by atoms with Crippen molar-refractivity contribution >= 4 is 34.5 Å². The number of hydrogen-bond donors (Lipinski definition) is 2. The minimum absolute atomic E-state index is 0.0254. The second-order valence-corrected chi connectivity index (χ2v) is 10.9. The quantitative estimate of drug-likeness (QED) is 0.318. The van der Waals surface area contributed by atoms with Crippen molar-refractivity contribution in [2.75, 3.05) is 5.73 Å². The maximum Gasteiger partial charge on any atom is 0.291 e. The van der Waals surface area contributed by atoms with Crippen LogP contribution in [-0.2, 0) is 0 Å². The maximum atomic E-state index is 13.1. The largest absolute Gasteiger partial charge is 0.383 e. The highest BCUT2D eigenvalue weighted by Crippen LogP contribution is 2.45. The molecule has 5 aromatic heterocycles. The summed E-state index contributed by atoms with van der Waals surface area (Å²) >= 11 is 1.53. The van der Waals surface area contributed by atoms with Crippen LogP contribution in [0.2, 0.25) is 0 Å². The number of nitrogens with one attached hydrogen (secondary N) is 1. The molecule has 13 heteroatoms. The van der Waals surface area contributed by atoms with Gasteiger partial charge in [-0.2, -0.15) is 14.7 Å². The molecule has 0 aliphatic carbocycles. The van der Waals surface area contributed by atoms with E-state index in [1.54, 1.807) is 18.6 Å². The summed E-state index contributed by atoms with van der Waals surface area (Å²) in [5, 5.41) is 13.7. The Kier molecular flexibility index (Phi) is 5.47. The number of nitrogens with zero attached hydrogens (tertiary/aromatic N) is 8. The Morgan fingerprint density at radius 3 is 2.56 bits per heavy atom. The molecule has 7 rings (SSSR count). The molecule has 1 amide bonds. The van der Waals surface area contributed by atoms with Gasteiger partial charge < -0.3 is 10.6 Å². The summed E-state index contributed by atoms with van der Waals surface area (Å²) in [6.45, 7) is 1.51. The molecule has 2 bridgehead atoms. The zero-order chi connectivity index (χ0) is 26.7. The topological polar surface area (TPSA) is 161 Å². The molecule has 12 nitrogen and oxygen atoms in total. The van der Waals surface area contributed by atoms with Crippen molar-refractivity contribution in [2.24, 2.45) is 0 Å². The third-order valence-corrected chi connectivity index (χ3v) is 8.56. The van der Waals surface area contributed by atoms with Gasteiger partial charge >= 0.3 is 0 Å². The minimum Gasteiger partial charge on any atom is -0.383 e. The van der Waals surface area contributed by atoms with Gasteiger partial charge in [-0.25, -0.2) is 15.0 Å². The van der Waals surface area contributed by atoms with E-state index >= 15 is 0 Å². The van der Waals surface area contributed by atoms with Crippen LogP contribution in [-0.4, -0.2) is 68.4 Å². The van der Waals surface area contributed by atoms with Crippen LogP contribution in [0, 0.1) is 0 Å². The van der Waals surface area contributed by atoms with Crippen LogP contribution in [0.5, 0.6) is 0 Å². The molecule has 2 saturated heterocycles. The maximum absolute atomic E-state index is 13.1. The number of piperidine rings is 1. The standard InChI is InChI=1S/C26H24N10O2S/c1-13(37)20-21(15-8-16-3-4-17(9-15)35(16)26(38)23-30-12-31-34-23)33-24-18(11-32-36(24)22(20)27)14-2-5-19(29-10-14)25-28-6-7-39-25/h2,5-7,10-12,15-17H,3-4,8-9,27H2,1H3,(H,30,31,34)/t15?,16-,17?/m1/s1. The zero-order valence-corrected chi connectivity index (χ0v) is 21.8. The molecule has 2 fully saturated rings. The molecule has 3 atom stereocenters. The number of fused-ring (bicyclic) bond motifs is 3. The third kappa shape index (κ3) is 3.80. The summed E-state index contributed by atoms with van der Waals surface area (Å²) in [6, 6.07) is 3.94. The monoisotopic (exact) mass is 540 g/mol. The molecule has 0 aromatic carbocycles. The van der Waals surface area contributed by atoms with Gasteiger partial charge in [-0.15, -0.1) is 11.3 Å². The SMILES string of the molecule is CC(=O)c1c(C2CC3CC[C@H](C2)N3C(=O)c2ncn[nH]2)nc2c(-c3ccc(-c4nccs4)nc3)cnn2c1N. The Morgan fingerprint density at radius 1 is 1.10 bits per heavy atom. The first-order valence-electron chi connectivity index (χ1n) is 12.7. The molecule has 7 heterocycles.